The van der Waals surface area contributed by atoms with Crippen LogP contribution in [0.3, 0.4) is 0 Å². The molecule has 1 aromatic rings. The molecule has 2 atom stereocenters. The molecule has 1 amide bonds. The summed E-state index contributed by atoms with van der Waals surface area (Å²) >= 11 is 0. The number of hydrogen-bond donors (Lipinski definition) is 2. The molecular formula is C15H21FN2O. The Hall–Kier alpha value is -1.42. The van der Waals surface area contributed by atoms with Crippen LogP contribution in [0, 0.1) is 24.6 Å². The quantitative estimate of drug-likeness (QED) is 0.878. The highest BCUT2D eigenvalue weighted by molar-refractivity contribution is 5.94. The molecule has 0 spiro atoms. The van der Waals surface area contributed by atoms with Crippen molar-refractivity contribution in [1.29, 1.82) is 0 Å². The van der Waals surface area contributed by atoms with E-state index < -0.39 is 0 Å². The van der Waals surface area contributed by atoms with Gasteiger partial charge in [0.25, 0.3) is 5.91 Å². The standard InChI is InChI=1S/C15H21FN2O/c1-10-7-12(3-4-14(10)16)15(19)18-9-13-5-6-17-8-11(13)2/h3-4,7,11,13,17H,5-6,8-9H2,1-2H3,(H,18,19). The normalized spacial score (nSPS) is 23.1. The van der Waals surface area contributed by atoms with Crippen LogP contribution in [0.5, 0.6) is 0 Å². The van der Waals surface area contributed by atoms with E-state index in [2.05, 4.69) is 17.6 Å². The molecule has 4 heteroatoms. The number of rotatable bonds is 3. The summed E-state index contributed by atoms with van der Waals surface area (Å²) in [6.07, 6.45) is 1.09. The van der Waals surface area contributed by atoms with Gasteiger partial charge in [0, 0.05) is 12.1 Å². The third kappa shape index (κ3) is 3.53. The molecule has 1 saturated heterocycles. The van der Waals surface area contributed by atoms with Gasteiger partial charge in [0.1, 0.15) is 5.82 Å². The number of aryl methyl sites for hydroxylation is 1. The van der Waals surface area contributed by atoms with Crippen LogP contribution in [0.1, 0.15) is 29.3 Å². The molecular weight excluding hydrogens is 243 g/mol. The number of carbonyl (C=O) groups is 1. The van der Waals surface area contributed by atoms with Crippen LogP contribution in [0.25, 0.3) is 0 Å². The zero-order chi connectivity index (χ0) is 13.8. The summed E-state index contributed by atoms with van der Waals surface area (Å²) in [4.78, 5) is 12.0. The van der Waals surface area contributed by atoms with E-state index in [4.69, 9.17) is 0 Å². The van der Waals surface area contributed by atoms with Gasteiger partial charge in [-0.05, 0) is 62.0 Å². The fourth-order valence-electron chi connectivity index (χ4n) is 2.48. The largest absolute Gasteiger partial charge is 0.352 e. The van der Waals surface area contributed by atoms with Crippen molar-refractivity contribution in [2.24, 2.45) is 11.8 Å². The molecule has 2 unspecified atom stereocenters. The maximum atomic E-state index is 13.2. The van der Waals surface area contributed by atoms with E-state index in [0.29, 0.717) is 29.5 Å². The van der Waals surface area contributed by atoms with Crippen LogP contribution < -0.4 is 10.6 Å². The average molecular weight is 264 g/mol. The molecule has 1 aliphatic rings. The molecule has 0 aliphatic carbocycles. The lowest BCUT2D eigenvalue weighted by atomic mass is 9.88. The Bertz CT molecular complexity index is 461. The summed E-state index contributed by atoms with van der Waals surface area (Å²) < 4.78 is 13.2. The number of hydrogen-bond acceptors (Lipinski definition) is 2. The van der Waals surface area contributed by atoms with Crippen LogP contribution in [0.4, 0.5) is 4.39 Å². The molecule has 1 fully saturated rings. The summed E-state index contributed by atoms with van der Waals surface area (Å²) in [5.41, 5.74) is 1.03. The molecule has 1 aliphatic heterocycles. The lowest BCUT2D eigenvalue weighted by Gasteiger charge is -2.29. The molecule has 2 rings (SSSR count). The first-order valence-corrected chi connectivity index (χ1v) is 6.83. The molecule has 19 heavy (non-hydrogen) atoms. The van der Waals surface area contributed by atoms with Crippen LogP contribution in [0.2, 0.25) is 0 Å². The fourth-order valence-corrected chi connectivity index (χ4v) is 2.48. The molecule has 1 aromatic carbocycles. The summed E-state index contributed by atoms with van der Waals surface area (Å²) in [7, 11) is 0. The zero-order valence-electron chi connectivity index (χ0n) is 11.5. The summed E-state index contributed by atoms with van der Waals surface area (Å²) in [5, 5.41) is 6.30. The number of benzene rings is 1. The first kappa shape index (κ1) is 14.0. The van der Waals surface area contributed by atoms with Gasteiger partial charge < -0.3 is 10.6 Å². The summed E-state index contributed by atoms with van der Waals surface area (Å²) in [5.74, 6) is 0.702. The smallest absolute Gasteiger partial charge is 0.251 e. The predicted octanol–water partition coefficient (Wildman–Crippen LogP) is 2.11. The van der Waals surface area contributed by atoms with Crippen LogP contribution >= 0.6 is 0 Å². The third-order valence-electron chi connectivity index (χ3n) is 3.91. The third-order valence-corrected chi connectivity index (χ3v) is 3.91. The van der Waals surface area contributed by atoms with Gasteiger partial charge in [0.15, 0.2) is 0 Å². The minimum absolute atomic E-state index is 0.117. The lowest BCUT2D eigenvalue weighted by molar-refractivity contribution is 0.0938. The van der Waals surface area contributed by atoms with Gasteiger partial charge in [-0.25, -0.2) is 4.39 Å². The monoisotopic (exact) mass is 264 g/mol. The van der Waals surface area contributed by atoms with E-state index in [1.54, 1.807) is 13.0 Å². The van der Waals surface area contributed by atoms with Gasteiger partial charge >= 0.3 is 0 Å². The maximum absolute atomic E-state index is 13.2. The van der Waals surface area contributed by atoms with Crippen molar-refractivity contribution in [1.82, 2.24) is 10.6 Å². The zero-order valence-corrected chi connectivity index (χ0v) is 11.5. The van der Waals surface area contributed by atoms with Gasteiger partial charge in [-0.3, -0.25) is 4.79 Å². The van der Waals surface area contributed by atoms with E-state index in [1.807, 2.05) is 0 Å². The summed E-state index contributed by atoms with van der Waals surface area (Å²) in [6.45, 7) is 6.58. The maximum Gasteiger partial charge on any atom is 0.251 e. The molecule has 0 saturated carbocycles. The van der Waals surface area contributed by atoms with Crippen LogP contribution in [0.15, 0.2) is 18.2 Å². The topological polar surface area (TPSA) is 41.1 Å². The second-order valence-electron chi connectivity index (χ2n) is 5.40. The fraction of sp³-hybridized carbons (Fsp3) is 0.533. The van der Waals surface area contributed by atoms with Crippen molar-refractivity contribution >= 4 is 5.91 Å². The second kappa shape index (κ2) is 6.15. The minimum atomic E-state index is -0.275. The van der Waals surface area contributed by atoms with Crippen molar-refractivity contribution in [2.45, 2.75) is 20.3 Å². The number of carbonyl (C=O) groups excluding carboxylic acids is 1. The first-order valence-electron chi connectivity index (χ1n) is 6.83. The van der Waals surface area contributed by atoms with E-state index in [-0.39, 0.29) is 11.7 Å². The van der Waals surface area contributed by atoms with Crippen molar-refractivity contribution < 1.29 is 9.18 Å². The Labute approximate surface area is 113 Å². The van der Waals surface area contributed by atoms with Gasteiger partial charge in [-0.15, -0.1) is 0 Å². The first-order chi connectivity index (χ1) is 9.08. The Kier molecular flexibility index (Phi) is 4.53. The van der Waals surface area contributed by atoms with Crippen molar-refractivity contribution in [3.05, 3.63) is 35.1 Å². The van der Waals surface area contributed by atoms with Crippen LogP contribution in [-0.2, 0) is 0 Å². The van der Waals surface area contributed by atoms with E-state index >= 15 is 0 Å². The Balaban J connectivity index is 1.91. The number of piperidine rings is 1. The number of halogens is 1. The minimum Gasteiger partial charge on any atom is -0.352 e. The lowest BCUT2D eigenvalue weighted by Crippen LogP contribution is -2.41. The molecule has 0 bridgehead atoms. The summed E-state index contributed by atoms with van der Waals surface area (Å²) in [6, 6.07) is 4.47. The van der Waals surface area contributed by atoms with Crippen molar-refractivity contribution in [2.75, 3.05) is 19.6 Å². The molecule has 0 radical (unpaired) electrons. The highest BCUT2D eigenvalue weighted by Crippen LogP contribution is 2.17. The van der Waals surface area contributed by atoms with Crippen molar-refractivity contribution in [3.63, 3.8) is 0 Å². The molecule has 104 valence electrons. The number of amides is 1. The Morgan fingerprint density at radius 3 is 3.00 bits per heavy atom. The van der Waals surface area contributed by atoms with Gasteiger partial charge in [0.2, 0.25) is 0 Å². The predicted molar refractivity (Wildman–Crippen MR) is 73.6 cm³/mol. The van der Waals surface area contributed by atoms with Gasteiger partial charge in [-0.2, -0.15) is 0 Å². The SMILES string of the molecule is Cc1cc(C(=O)NCC2CCNCC2C)ccc1F. The highest BCUT2D eigenvalue weighted by atomic mass is 19.1. The van der Waals surface area contributed by atoms with Crippen LogP contribution in [-0.4, -0.2) is 25.5 Å². The number of nitrogens with one attached hydrogen (secondary N) is 2. The molecule has 2 N–H and O–H groups in total. The second-order valence-corrected chi connectivity index (χ2v) is 5.40. The van der Waals surface area contributed by atoms with Crippen molar-refractivity contribution in [3.8, 4) is 0 Å². The van der Waals surface area contributed by atoms with Gasteiger partial charge in [0.05, 0.1) is 0 Å². The Morgan fingerprint density at radius 1 is 1.53 bits per heavy atom. The van der Waals surface area contributed by atoms with Gasteiger partial charge in [-0.1, -0.05) is 6.92 Å². The Morgan fingerprint density at radius 2 is 2.32 bits per heavy atom. The van der Waals surface area contributed by atoms with E-state index in [0.717, 1.165) is 19.5 Å². The molecule has 1 heterocycles. The van der Waals surface area contributed by atoms with E-state index in [9.17, 15) is 9.18 Å². The van der Waals surface area contributed by atoms with E-state index in [1.165, 1.54) is 12.1 Å². The highest BCUT2D eigenvalue weighted by Gasteiger charge is 2.21. The average Bonchev–Trinajstić information content (AvgIpc) is 2.40. The molecule has 3 nitrogen and oxygen atoms in total. The molecule has 0 aromatic heterocycles.